The second kappa shape index (κ2) is 11.8. The first-order chi connectivity index (χ1) is 18.2. The molecule has 1 saturated carbocycles. The predicted molar refractivity (Wildman–Crippen MR) is 134 cm³/mol. The molecule has 0 spiro atoms. The van der Waals surface area contributed by atoms with E-state index in [1.165, 1.54) is 6.07 Å². The number of nitrogens with zero attached hydrogens (tertiary/aromatic N) is 2. The molecule has 0 saturated heterocycles. The van der Waals surface area contributed by atoms with E-state index in [9.17, 15) is 23.1 Å². The Kier molecular flexibility index (Phi) is 8.48. The standard InChI is InChI=1S/C27H29F3N4O4/c1-14-6-15(8-18(7-14)34-27(37)38)19-4-5-31-12-23(19)32-11-17-2-3-20(28)26(33-17)25-21(29)9-16(10-22(25)30)24(36)13-35/h2-5,9-10,12,14-15,18,24,32,34-36H,6-8,11,13H2,1H3,(H,37,38)/t14-,15+,18-,24+/m0/s1. The number of halogens is 3. The lowest BCUT2D eigenvalue weighted by Crippen LogP contribution is -2.39. The van der Waals surface area contributed by atoms with E-state index in [2.05, 4.69) is 27.5 Å². The third-order valence-corrected chi connectivity index (χ3v) is 6.79. The van der Waals surface area contributed by atoms with Crippen molar-refractivity contribution in [2.24, 2.45) is 5.92 Å². The van der Waals surface area contributed by atoms with E-state index >= 15 is 0 Å². The van der Waals surface area contributed by atoms with Gasteiger partial charge in [0.15, 0.2) is 0 Å². The fourth-order valence-corrected chi connectivity index (χ4v) is 5.12. The zero-order chi connectivity index (χ0) is 27.4. The number of hydrogen-bond acceptors (Lipinski definition) is 6. The van der Waals surface area contributed by atoms with Gasteiger partial charge in [-0.3, -0.25) is 4.98 Å². The summed E-state index contributed by atoms with van der Waals surface area (Å²) in [4.78, 5) is 19.5. The van der Waals surface area contributed by atoms with Gasteiger partial charge in [0.1, 0.15) is 29.2 Å². The molecule has 1 aliphatic carbocycles. The Labute approximate surface area is 217 Å². The predicted octanol–water partition coefficient (Wildman–Crippen LogP) is 4.74. The topological polar surface area (TPSA) is 128 Å². The third-order valence-electron chi connectivity index (χ3n) is 6.79. The van der Waals surface area contributed by atoms with Crippen LogP contribution in [0.2, 0.25) is 0 Å². The molecule has 1 aromatic carbocycles. The van der Waals surface area contributed by atoms with Gasteiger partial charge in [0, 0.05) is 12.2 Å². The van der Waals surface area contributed by atoms with Crippen molar-refractivity contribution in [1.29, 1.82) is 0 Å². The van der Waals surface area contributed by atoms with Crippen molar-refractivity contribution in [3.05, 3.63) is 77.0 Å². The number of rotatable bonds is 8. The molecule has 1 fully saturated rings. The van der Waals surface area contributed by atoms with Crippen LogP contribution in [0, 0.1) is 23.4 Å². The summed E-state index contributed by atoms with van der Waals surface area (Å²) in [5.41, 5.74) is 0.616. The number of carboxylic acid groups (broad SMARTS) is 1. The lowest BCUT2D eigenvalue weighted by atomic mass is 9.76. The normalized spacial score (nSPS) is 20.1. The van der Waals surface area contributed by atoms with E-state index in [0.717, 1.165) is 36.6 Å². The number of pyridine rings is 2. The molecule has 4 atom stereocenters. The van der Waals surface area contributed by atoms with Gasteiger partial charge in [-0.1, -0.05) is 6.92 Å². The molecule has 3 aromatic rings. The van der Waals surface area contributed by atoms with E-state index in [1.807, 2.05) is 6.07 Å². The fourth-order valence-electron chi connectivity index (χ4n) is 5.12. The van der Waals surface area contributed by atoms with Crippen LogP contribution in [0.25, 0.3) is 11.3 Å². The summed E-state index contributed by atoms with van der Waals surface area (Å²) in [7, 11) is 0. The minimum atomic E-state index is -1.47. The van der Waals surface area contributed by atoms with Gasteiger partial charge in [-0.15, -0.1) is 0 Å². The van der Waals surface area contributed by atoms with Crippen LogP contribution in [0.4, 0.5) is 23.7 Å². The molecule has 1 amide bonds. The minimum absolute atomic E-state index is 0.0776. The monoisotopic (exact) mass is 530 g/mol. The molecule has 4 rings (SSSR count). The number of hydrogen-bond donors (Lipinski definition) is 5. The van der Waals surface area contributed by atoms with E-state index in [0.29, 0.717) is 23.7 Å². The van der Waals surface area contributed by atoms with Gasteiger partial charge in [-0.05, 0) is 72.6 Å². The molecule has 2 aromatic heterocycles. The number of aliphatic hydroxyl groups is 2. The van der Waals surface area contributed by atoms with E-state index in [-0.39, 0.29) is 24.1 Å². The molecule has 5 N–H and O–H groups in total. The van der Waals surface area contributed by atoms with Crippen molar-refractivity contribution in [3.8, 4) is 11.3 Å². The first-order valence-corrected chi connectivity index (χ1v) is 12.3. The van der Waals surface area contributed by atoms with Crippen molar-refractivity contribution < 1.29 is 33.3 Å². The summed E-state index contributed by atoms with van der Waals surface area (Å²) in [6.07, 6.45) is 3.03. The number of aromatic nitrogens is 2. The maximum atomic E-state index is 14.8. The van der Waals surface area contributed by atoms with Crippen LogP contribution < -0.4 is 10.6 Å². The quantitative estimate of drug-likeness (QED) is 0.285. The maximum Gasteiger partial charge on any atom is 0.404 e. The number of anilines is 1. The summed E-state index contributed by atoms with van der Waals surface area (Å²) in [6, 6.07) is 5.86. The molecule has 11 heteroatoms. The highest BCUT2D eigenvalue weighted by atomic mass is 19.1. The van der Waals surface area contributed by atoms with Crippen LogP contribution in [0.1, 0.15) is 55.0 Å². The maximum absolute atomic E-state index is 14.8. The van der Waals surface area contributed by atoms with Gasteiger partial charge in [0.05, 0.1) is 36.3 Å². The lowest BCUT2D eigenvalue weighted by molar-refractivity contribution is 0.0951. The highest BCUT2D eigenvalue weighted by molar-refractivity contribution is 5.65. The van der Waals surface area contributed by atoms with Gasteiger partial charge in [-0.2, -0.15) is 0 Å². The van der Waals surface area contributed by atoms with Crippen LogP contribution in [0.15, 0.2) is 42.7 Å². The number of carbonyl (C=O) groups is 1. The Bertz CT molecular complexity index is 1290. The van der Waals surface area contributed by atoms with Gasteiger partial charge in [0.25, 0.3) is 0 Å². The van der Waals surface area contributed by atoms with Crippen molar-refractivity contribution in [3.63, 3.8) is 0 Å². The van der Waals surface area contributed by atoms with E-state index in [1.54, 1.807) is 12.4 Å². The molecule has 0 unspecified atom stereocenters. The lowest BCUT2D eigenvalue weighted by Gasteiger charge is -2.34. The summed E-state index contributed by atoms with van der Waals surface area (Å²) in [5.74, 6) is -2.77. The van der Waals surface area contributed by atoms with Crippen LogP contribution in [-0.4, -0.2) is 44.0 Å². The molecule has 0 aliphatic heterocycles. The minimum Gasteiger partial charge on any atom is -0.465 e. The van der Waals surface area contributed by atoms with E-state index < -0.39 is 47.5 Å². The largest absolute Gasteiger partial charge is 0.465 e. The van der Waals surface area contributed by atoms with Gasteiger partial charge < -0.3 is 26.0 Å². The Balaban J connectivity index is 1.56. The van der Waals surface area contributed by atoms with Crippen molar-refractivity contribution in [1.82, 2.24) is 15.3 Å². The summed E-state index contributed by atoms with van der Waals surface area (Å²) < 4.78 is 44.1. The highest BCUT2D eigenvalue weighted by Crippen LogP contribution is 2.39. The summed E-state index contributed by atoms with van der Waals surface area (Å²) >= 11 is 0. The molecular formula is C27H29F3N4O4. The van der Waals surface area contributed by atoms with E-state index in [4.69, 9.17) is 10.2 Å². The average molecular weight is 531 g/mol. The van der Waals surface area contributed by atoms with Gasteiger partial charge >= 0.3 is 6.09 Å². The zero-order valence-electron chi connectivity index (χ0n) is 20.7. The second-order valence-corrected chi connectivity index (χ2v) is 9.66. The van der Waals surface area contributed by atoms with Gasteiger partial charge in [0.2, 0.25) is 0 Å². The Morgan fingerprint density at radius 3 is 2.53 bits per heavy atom. The van der Waals surface area contributed by atoms with Gasteiger partial charge in [-0.25, -0.2) is 22.9 Å². The Morgan fingerprint density at radius 1 is 1.11 bits per heavy atom. The number of nitrogens with one attached hydrogen (secondary N) is 2. The number of amides is 1. The van der Waals surface area contributed by atoms with Crippen molar-refractivity contribution in [2.75, 3.05) is 11.9 Å². The van der Waals surface area contributed by atoms with Crippen LogP contribution in [0.3, 0.4) is 0 Å². The first-order valence-electron chi connectivity index (χ1n) is 12.3. The van der Waals surface area contributed by atoms with Crippen molar-refractivity contribution >= 4 is 11.8 Å². The molecule has 0 bridgehead atoms. The molecule has 202 valence electrons. The SMILES string of the molecule is C[C@@H]1C[C@H](NC(=O)O)C[C@H](c2ccncc2NCc2ccc(F)c(-c3c(F)cc([C@H](O)CO)cc3F)n2)C1. The van der Waals surface area contributed by atoms with Crippen LogP contribution in [0.5, 0.6) is 0 Å². The fraction of sp³-hybridized carbons (Fsp3) is 0.370. The second-order valence-electron chi connectivity index (χ2n) is 9.66. The average Bonchev–Trinajstić information content (AvgIpc) is 2.87. The molecule has 0 radical (unpaired) electrons. The van der Waals surface area contributed by atoms with Crippen LogP contribution in [-0.2, 0) is 6.54 Å². The molecule has 1 aliphatic rings. The summed E-state index contributed by atoms with van der Waals surface area (Å²) in [5, 5.41) is 33.7. The summed E-state index contributed by atoms with van der Waals surface area (Å²) in [6.45, 7) is 1.46. The smallest absolute Gasteiger partial charge is 0.404 e. The highest BCUT2D eigenvalue weighted by Gasteiger charge is 2.30. The first kappa shape index (κ1) is 27.3. The molecule has 2 heterocycles. The zero-order valence-corrected chi connectivity index (χ0v) is 20.7. The van der Waals surface area contributed by atoms with Crippen molar-refractivity contribution in [2.45, 2.75) is 50.8 Å². The molecular weight excluding hydrogens is 501 g/mol. The Morgan fingerprint density at radius 2 is 1.84 bits per heavy atom. The number of aliphatic hydroxyl groups excluding tert-OH is 2. The Hall–Kier alpha value is -3.70. The van der Waals surface area contributed by atoms with Crippen LogP contribution >= 0.6 is 0 Å². The number of benzene rings is 1. The molecule has 8 nitrogen and oxygen atoms in total. The third kappa shape index (κ3) is 6.22. The molecule has 38 heavy (non-hydrogen) atoms.